The molecule has 0 fully saturated rings. The van der Waals surface area contributed by atoms with Crippen LogP contribution in [0.2, 0.25) is 0 Å². The molecule has 0 aromatic carbocycles. The van der Waals surface area contributed by atoms with Crippen LogP contribution in [-0.4, -0.2) is 48.2 Å². The molecule has 1 unspecified atom stereocenters. The largest absolute Gasteiger partial charge is 0.366 e. The van der Waals surface area contributed by atoms with Gasteiger partial charge in [0.25, 0.3) is 0 Å². The summed E-state index contributed by atoms with van der Waals surface area (Å²) >= 11 is 1.44. The summed E-state index contributed by atoms with van der Waals surface area (Å²) in [4.78, 5) is 28.7. The first-order valence-electron chi connectivity index (χ1n) is 9.02. The zero-order valence-corrected chi connectivity index (χ0v) is 18.3. The highest BCUT2D eigenvalue weighted by molar-refractivity contribution is 8.13. The summed E-state index contributed by atoms with van der Waals surface area (Å²) in [6.07, 6.45) is 9.51. The summed E-state index contributed by atoms with van der Waals surface area (Å²) in [7, 11) is 1.34. The lowest BCUT2D eigenvalue weighted by Gasteiger charge is -2.15. The summed E-state index contributed by atoms with van der Waals surface area (Å²) < 4.78 is 4.72. The Morgan fingerprint density at radius 2 is 2.10 bits per heavy atom. The van der Waals surface area contributed by atoms with Crippen molar-refractivity contribution < 1.29 is 19.4 Å². The van der Waals surface area contributed by atoms with E-state index in [1.165, 1.54) is 31.9 Å². The average Bonchev–Trinajstić information content (AvgIpc) is 2.83. The summed E-state index contributed by atoms with van der Waals surface area (Å²) in [6.45, 7) is 9.01. The second-order valence-corrected chi connectivity index (χ2v) is 7.31. The molecule has 3 N–H and O–H groups in total. The average molecular weight is 420 g/mol. The molecule has 1 aliphatic carbocycles. The van der Waals surface area contributed by atoms with E-state index in [9.17, 15) is 14.7 Å². The van der Waals surface area contributed by atoms with Crippen molar-refractivity contribution in [2.24, 2.45) is 10.9 Å². The number of ether oxygens (including phenoxy) is 1. The lowest BCUT2D eigenvalue weighted by Crippen LogP contribution is -2.32. The number of amides is 2. The Hall–Kier alpha value is -2.42. The molecule has 29 heavy (non-hydrogen) atoms. The van der Waals surface area contributed by atoms with Gasteiger partial charge in [0.2, 0.25) is 11.8 Å². The van der Waals surface area contributed by atoms with E-state index in [1.807, 2.05) is 38.3 Å². The van der Waals surface area contributed by atoms with Crippen LogP contribution in [0, 0.1) is 5.92 Å². The van der Waals surface area contributed by atoms with Crippen LogP contribution in [0.25, 0.3) is 0 Å². The summed E-state index contributed by atoms with van der Waals surface area (Å²) in [5.41, 5.74) is 2.56. The summed E-state index contributed by atoms with van der Waals surface area (Å²) in [6, 6.07) is 0. The quantitative estimate of drug-likeness (QED) is 0.184. The van der Waals surface area contributed by atoms with Crippen molar-refractivity contribution in [1.29, 1.82) is 0 Å². The Balaban J connectivity index is 3.43. The van der Waals surface area contributed by atoms with E-state index in [1.54, 1.807) is 6.08 Å². The third kappa shape index (κ3) is 8.23. The number of nitrogens with zero attached hydrogens (tertiary/aromatic N) is 1. The van der Waals surface area contributed by atoms with Gasteiger partial charge in [0.15, 0.2) is 6.29 Å². The highest BCUT2D eigenvalue weighted by Crippen LogP contribution is 2.28. The second kappa shape index (κ2) is 12.2. The van der Waals surface area contributed by atoms with Gasteiger partial charge in [0.1, 0.15) is 0 Å². The maximum Gasteiger partial charge on any atom is 0.246 e. The third-order valence-electron chi connectivity index (χ3n) is 4.08. The maximum absolute atomic E-state index is 12.4. The molecule has 0 saturated carbocycles. The van der Waals surface area contributed by atoms with Crippen molar-refractivity contribution >= 4 is 28.6 Å². The number of aliphatic hydroxyl groups is 1. The van der Waals surface area contributed by atoms with Gasteiger partial charge in [-0.05, 0) is 26.2 Å². The normalized spacial score (nSPS) is 18.7. The monoisotopic (exact) mass is 419 g/mol. The van der Waals surface area contributed by atoms with Gasteiger partial charge in [-0.3, -0.25) is 9.59 Å². The Bertz CT molecular complexity index is 794. The molecule has 0 aromatic heterocycles. The van der Waals surface area contributed by atoms with Crippen LogP contribution in [0.1, 0.15) is 20.8 Å². The number of allylic oxidation sites excluding steroid dienone is 5. The number of aliphatic hydroxyl groups excluding tert-OH is 1. The Morgan fingerprint density at radius 1 is 1.41 bits per heavy atom. The van der Waals surface area contributed by atoms with Crippen LogP contribution in [0.4, 0.5) is 0 Å². The predicted molar refractivity (Wildman–Crippen MR) is 118 cm³/mol. The first-order valence-corrected chi connectivity index (χ1v) is 10.2. The number of hydrogen-bond donors (Lipinski definition) is 3. The first kappa shape index (κ1) is 24.6. The lowest BCUT2D eigenvalue weighted by atomic mass is 9.99. The number of carbonyl (C=O) groups excluding carboxylic acids is 2. The van der Waals surface area contributed by atoms with E-state index < -0.39 is 12.2 Å². The van der Waals surface area contributed by atoms with Crippen LogP contribution < -0.4 is 10.6 Å². The zero-order chi connectivity index (χ0) is 22.0. The Kier molecular flexibility index (Phi) is 10.4. The molecule has 1 rings (SSSR count). The van der Waals surface area contributed by atoms with Crippen LogP contribution in [0.3, 0.4) is 0 Å². The molecule has 0 radical (unpaired) electrons. The third-order valence-corrected chi connectivity index (χ3v) is 4.76. The van der Waals surface area contributed by atoms with Gasteiger partial charge >= 0.3 is 0 Å². The van der Waals surface area contributed by atoms with Gasteiger partial charge in [-0.25, -0.2) is 4.99 Å². The van der Waals surface area contributed by atoms with Crippen LogP contribution >= 0.6 is 11.8 Å². The van der Waals surface area contributed by atoms with Crippen LogP contribution in [0.15, 0.2) is 64.5 Å². The SMILES string of the molecule is C=C[C@@H]1C=C(NC(C)=O)C(C(=C/C(=O)NCC(O)OC)/N=C(\C)SC)=CC=C1C. The molecule has 0 bridgehead atoms. The van der Waals surface area contributed by atoms with Gasteiger partial charge in [0, 0.05) is 37.3 Å². The zero-order valence-electron chi connectivity index (χ0n) is 17.5. The lowest BCUT2D eigenvalue weighted by molar-refractivity contribution is -0.120. The van der Waals surface area contributed by atoms with Crippen LogP contribution in [0.5, 0.6) is 0 Å². The van der Waals surface area contributed by atoms with Gasteiger partial charge in [0.05, 0.1) is 17.3 Å². The van der Waals surface area contributed by atoms with E-state index in [-0.39, 0.29) is 18.4 Å². The minimum absolute atomic E-state index is 0.0602. The van der Waals surface area contributed by atoms with Crippen molar-refractivity contribution in [3.8, 4) is 0 Å². The molecule has 158 valence electrons. The van der Waals surface area contributed by atoms with Crippen molar-refractivity contribution in [1.82, 2.24) is 10.6 Å². The molecule has 7 nitrogen and oxygen atoms in total. The van der Waals surface area contributed by atoms with E-state index >= 15 is 0 Å². The second-order valence-electron chi connectivity index (χ2n) is 6.31. The minimum atomic E-state index is -1.10. The highest BCUT2D eigenvalue weighted by atomic mass is 32.2. The number of methoxy groups -OCH3 is 1. The maximum atomic E-state index is 12.4. The smallest absolute Gasteiger partial charge is 0.246 e. The van der Waals surface area contributed by atoms with Gasteiger partial charge in [-0.15, -0.1) is 18.3 Å². The Labute approximate surface area is 176 Å². The molecule has 0 spiro atoms. The Morgan fingerprint density at radius 3 is 2.66 bits per heavy atom. The van der Waals surface area contributed by atoms with E-state index in [4.69, 9.17) is 4.74 Å². The number of rotatable bonds is 8. The number of nitrogens with one attached hydrogen (secondary N) is 2. The van der Waals surface area contributed by atoms with Gasteiger partial charge in [-0.2, -0.15) is 0 Å². The molecular weight excluding hydrogens is 390 g/mol. The molecule has 2 amide bonds. The molecule has 1 aliphatic rings. The number of aliphatic imine (C=N–C) groups is 1. The number of hydrogen-bond acceptors (Lipinski definition) is 6. The minimum Gasteiger partial charge on any atom is -0.366 e. The standard InChI is InChI=1S/C21H29N3O4S/c1-7-16-10-18(23-14(3)25)17(9-8-13(16)2)19(24-15(4)29-6)11-20(26)22-12-21(27)28-5/h7-11,16,21,27H,1,12H2,2-6H3,(H,22,26)(H,23,25)/b19-11-,24-15+/t16-,21?/m1/s1. The summed E-state index contributed by atoms with van der Waals surface area (Å²) in [5.74, 6) is -0.743. The van der Waals surface area contributed by atoms with Crippen molar-refractivity contribution in [3.63, 3.8) is 0 Å². The molecule has 2 atom stereocenters. The van der Waals surface area contributed by atoms with E-state index in [2.05, 4.69) is 22.2 Å². The number of carbonyl (C=O) groups is 2. The van der Waals surface area contributed by atoms with Gasteiger partial charge in [-0.1, -0.05) is 23.8 Å². The number of thioether (sulfide) groups is 1. The van der Waals surface area contributed by atoms with Crippen molar-refractivity contribution in [3.05, 3.63) is 59.5 Å². The van der Waals surface area contributed by atoms with Gasteiger partial charge < -0.3 is 20.5 Å². The highest BCUT2D eigenvalue weighted by Gasteiger charge is 2.18. The molecule has 0 heterocycles. The van der Waals surface area contributed by atoms with Crippen LogP contribution in [-0.2, 0) is 14.3 Å². The fourth-order valence-corrected chi connectivity index (χ4v) is 2.61. The topological polar surface area (TPSA) is 100 Å². The van der Waals surface area contributed by atoms with E-state index in [0.717, 1.165) is 10.6 Å². The molecular formula is C21H29N3O4S. The molecule has 8 heteroatoms. The molecule has 0 saturated heterocycles. The predicted octanol–water partition coefficient (Wildman–Crippen LogP) is 2.44. The molecule has 0 aliphatic heterocycles. The fraction of sp³-hybridized carbons (Fsp3) is 0.381. The van der Waals surface area contributed by atoms with E-state index in [0.29, 0.717) is 17.0 Å². The first-order chi connectivity index (χ1) is 13.7. The van der Waals surface area contributed by atoms with Crippen molar-refractivity contribution in [2.75, 3.05) is 19.9 Å². The molecule has 0 aromatic rings. The summed E-state index contributed by atoms with van der Waals surface area (Å²) in [5, 5.41) is 15.6. The van der Waals surface area contributed by atoms with Crippen molar-refractivity contribution in [2.45, 2.75) is 27.1 Å². The fourth-order valence-electron chi connectivity index (χ4n) is 2.42.